The third-order valence-corrected chi connectivity index (χ3v) is 4.54. The fourth-order valence-corrected chi connectivity index (χ4v) is 3.49. The highest BCUT2D eigenvalue weighted by Crippen LogP contribution is 2.37. The third kappa shape index (κ3) is 3.14. The summed E-state index contributed by atoms with van der Waals surface area (Å²) in [7, 11) is 0. The topological polar surface area (TPSA) is 20.2 Å². The number of aliphatic hydroxyl groups is 1. The lowest BCUT2D eigenvalue weighted by molar-refractivity contribution is 0.0480. The minimum Gasteiger partial charge on any atom is -0.392 e. The van der Waals surface area contributed by atoms with Crippen molar-refractivity contribution in [2.45, 2.75) is 58.0 Å². The van der Waals surface area contributed by atoms with E-state index in [4.69, 9.17) is 0 Å². The molecule has 100 valence electrons. The standard InChI is InChI=1S/C17H26O/c1-3-16(14-9-5-4-6-10-14)17(18)15-11-7-8-13(2)12-15/h4-6,9-10,13,15-18H,3,7-8,11-12H2,1-2H3. The van der Waals surface area contributed by atoms with Gasteiger partial charge in [-0.3, -0.25) is 0 Å². The zero-order valence-electron chi connectivity index (χ0n) is 11.7. The molecule has 0 bridgehead atoms. The van der Waals surface area contributed by atoms with E-state index in [1.165, 1.54) is 31.2 Å². The van der Waals surface area contributed by atoms with E-state index in [0.717, 1.165) is 12.3 Å². The second-order valence-electron chi connectivity index (χ2n) is 5.95. The molecular weight excluding hydrogens is 220 g/mol. The van der Waals surface area contributed by atoms with E-state index >= 15 is 0 Å². The van der Waals surface area contributed by atoms with Crippen molar-refractivity contribution in [1.82, 2.24) is 0 Å². The fraction of sp³-hybridized carbons (Fsp3) is 0.647. The van der Waals surface area contributed by atoms with Gasteiger partial charge in [0.25, 0.3) is 0 Å². The first-order valence-corrected chi connectivity index (χ1v) is 7.45. The summed E-state index contributed by atoms with van der Waals surface area (Å²) in [6.07, 6.45) is 5.88. The molecule has 1 aromatic rings. The summed E-state index contributed by atoms with van der Waals surface area (Å²) in [4.78, 5) is 0. The SMILES string of the molecule is CCC(c1ccccc1)C(O)C1CCCC(C)C1. The van der Waals surface area contributed by atoms with Crippen LogP contribution < -0.4 is 0 Å². The van der Waals surface area contributed by atoms with Gasteiger partial charge in [-0.05, 0) is 36.7 Å². The number of hydrogen-bond donors (Lipinski definition) is 1. The first kappa shape index (κ1) is 13.6. The van der Waals surface area contributed by atoms with Gasteiger partial charge < -0.3 is 5.11 Å². The molecule has 0 heterocycles. The maximum absolute atomic E-state index is 10.7. The molecule has 1 fully saturated rings. The molecule has 1 heteroatoms. The molecule has 1 aliphatic carbocycles. The maximum Gasteiger partial charge on any atom is 0.0636 e. The molecule has 0 aliphatic heterocycles. The van der Waals surface area contributed by atoms with E-state index < -0.39 is 0 Å². The fourth-order valence-electron chi connectivity index (χ4n) is 3.49. The number of hydrogen-bond acceptors (Lipinski definition) is 1. The minimum absolute atomic E-state index is 0.167. The van der Waals surface area contributed by atoms with Crippen LogP contribution in [0, 0.1) is 11.8 Å². The molecule has 4 atom stereocenters. The van der Waals surface area contributed by atoms with Crippen LogP contribution in [-0.4, -0.2) is 11.2 Å². The summed E-state index contributed by atoms with van der Waals surface area (Å²) < 4.78 is 0. The van der Waals surface area contributed by atoms with Crippen LogP contribution in [0.2, 0.25) is 0 Å². The zero-order valence-corrected chi connectivity index (χ0v) is 11.7. The molecule has 1 aliphatic rings. The Bertz CT molecular complexity index is 346. The van der Waals surface area contributed by atoms with E-state index in [1.54, 1.807) is 0 Å². The summed E-state index contributed by atoms with van der Waals surface area (Å²) in [5, 5.41) is 10.7. The van der Waals surface area contributed by atoms with Crippen LogP contribution in [0.5, 0.6) is 0 Å². The Balaban J connectivity index is 2.07. The molecule has 1 saturated carbocycles. The summed E-state index contributed by atoms with van der Waals surface area (Å²) in [6.45, 7) is 4.51. The van der Waals surface area contributed by atoms with Crippen molar-refractivity contribution >= 4 is 0 Å². The zero-order chi connectivity index (χ0) is 13.0. The lowest BCUT2D eigenvalue weighted by Gasteiger charge is -2.34. The van der Waals surface area contributed by atoms with Gasteiger partial charge in [0.15, 0.2) is 0 Å². The molecule has 0 spiro atoms. The first-order chi connectivity index (χ1) is 8.72. The highest BCUT2D eigenvalue weighted by Gasteiger charge is 2.30. The van der Waals surface area contributed by atoms with Crippen LogP contribution >= 0.6 is 0 Å². The van der Waals surface area contributed by atoms with Gasteiger partial charge in [0, 0.05) is 5.92 Å². The number of rotatable bonds is 4. The Labute approximate surface area is 111 Å². The highest BCUT2D eigenvalue weighted by atomic mass is 16.3. The Morgan fingerprint density at radius 1 is 1.22 bits per heavy atom. The van der Waals surface area contributed by atoms with Crippen molar-refractivity contribution in [3.63, 3.8) is 0 Å². The molecule has 18 heavy (non-hydrogen) atoms. The normalized spacial score (nSPS) is 27.7. The van der Waals surface area contributed by atoms with Crippen molar-refractivity contribution in [2.24, 2.45) is 11.8 Å². The number of benzene rings is 1. The third-order valence-electron chi connectivity index (χ3n) is 4.54. The van der Waals surface area contributed by atoms with Crippen molar-refractivity contribution in [2.75, 3.05) is 0 Å². The molecule has 4 unspecified atom stereocenters. The van der Waals surface area contributed by atoms with Crippen LogP contribution in [0.25, 0.3) is 0 Å². The van der Waals surface area contributed by atoms with E-state index in [9.17, 15) is 5.11 Å². The lowest BCUT2D eigenvalue weighted by Crippen LogP contribution is -2.31. The van der Waals surface area contributed by atoms with Gasteiger partial charge in [-0.2, -0.15) is 0 Å². The molecule has 1 aromatic carbocycles. The first-order valence-electron chi connectivity index (χ1n) is 7.45. The van der Waals surface area contributed by atoms with Gasteiger partial charge in [0.1, 0.15) is 0 Å². The summed E-state index contributed by atoms with van der Waals surface area (Å²) in [6, 6.07) is 10.5. The van der Waals surface area contributed by atoms with Crippen LogP contribution in [0.15, 0.2) is 30.3 Å². The van der Waals surface area contributed by atoms with Crippen molar-refractivity contribution in [1.29, 1.82) is 0 Å². The minimum atomic E-state index is -0.167. The van der Waals surface area contributed by atoms with Crippen molar-refractivity contribution < 1.29 is 5.11 Å². The van der Waals surface area contributed by atoms with E-state index in [-0.39, 0.29) is 6.10 Å². The van der Waals surface area contributed by atoms with Gasteiger partial charge in [0.05, 0.1) is 6.10 Å². The summed E-state index contributed by atoms with van der Waals surface area (Å²) >= 11 is 0. The quantitative estimate of drug-likeness (QED) is 0.836. The van der Waals surface area contributed by atoms with Gasteiger partial charge in [-0.1, -0.05) is 57.0 Å². The average molecular weight is 246 g/mol. The summed E-state index contributed by atoms with van der Waals surface area (Å²) in [5.74, 6) is 1.59. The largest absolute Gasteiger partial charge is 0.392 e. The van der Waals surface area contributed by atoms with Crippen LogP contribution in [0.1, 0.15) is 57.4 Å². The second-order valence-corrected chi connectivity index (χ2v) is 5.95. The van der Waals surface area contributed by atoms with Crippen molar-refractivity contribution in [3.05, 3.63) is 35.9 Å². The lowest BCUT2D eigenvalue weighted by atomic mass is 9.74. The highest BCUT2D eigenvalue weighted by molar-refractivity contribution is 5.20. The predicted molar refractivity (Wildman–Crippen MR) is 76.6 cm³/mol. The van der Waals surface area contributed by atoms with Gasteiger partial charge in [-0.25, -0.2) is 0 Å². The monoisotopic (exact) mass is 246 g/mol. The molecule has 1 N–H and O–H groups in total. The molecular formula is C17H26O. The Morgan fingerprint density at radius 3 is 2.56 bits per heavy atom. The Kier molecular flexibility index (Phi) is 4.82. The van der Waals surface area contributed by atoms with Gasteiger partial charge >= 0.3 is 0 Å². The van der Waals surface area contributed by atoms with E-state index in [0.29, 0.717) is 11.8 Å². The average Bonchev–Trinajstić information content (AvgIpc) is 2.41. The van der Waals surface area contributed by atoms with E-state index in [2.05, 4.69) is 38.1 Å². The second kappa shape index (κ2) is 6.38. The van der Waals surface area contributed by atoms with Crippen LogP contribution in [0.3, 0.4) is 0 Å². The number of aliphatic hydroxyl groups excluding tert-OH is 1. The summed E-state index contributed by atoms with van der Waals surface area (Å²) in [5.41, 5.74) is 1.30. The molecule has 2 rings (SSSR count). The van der Waals surface area contributed by atoms with Crippen LogP contribution in [0.4, 0.5) is 0 Å². The van der Waals surface area contributed by atoms with Gasteiger partial charge in [-0.15, -0.1) is 0 Å². The Hall–Kier alpha value is -0.820. The molecule has 1 nitrogen and oxygen atoms in total. The smallest absolute Gasteiger partial charge is 0.0636 e. The van der Waals surface area contributed by atoms with Gasteiger partial charge in [0.2, 0.25) is 0 Å². The predicted octanol–water partition coefficient (Wildman–Crippen LogP) is 4.37. The molecule has 0 saturated heterocycles. The molecule has 0 aromatic heterocycles. The maximum atomic E-state index is 10.7. The Morgan fingerprint density at radius 2 is 1.94 bits per heavy atom. The molecule has 0 radical (unpaired) electrons. The van der Waals surface area contributed by atoms with E-state index in [1.807, 2.05) is 6.07 Å². The van der Waals surface area contributed by atoms with Crippen molar-refractivity contribution in [3.8, 4) is 0 Å². The van der Waals surface area contributed by atoms with Crippen LogP contribution in [-0.2, 0) is 0 Å². The molecule has 0 amide bonds.